The Morgan fingerprint density at radius 1 is 0.784 bits per heavy atom. The highest BCUT2D eigenvalue weighted by molar-refractivity contribution is 7.92. The number of rotatable bonds is 7. The van der Waals surface area contributed by atoms with Gasteiger partial charge in [-0.25, -0.2) is 16.8 Å². The fraction of sp³-hybridized carbons (Fsp3) is 0.296. The molecule has 1 aliphatic rings. The van der Waals surface area contributed by atoms with Gasteiger partial charge in [-0.2, -0.15) is 4.31 Å². The molecule has 1 heterocycles. The van der Waals surface area contributed by atoms with Gasteiger partial charge in [0.05, 0.1) is 15.5 Å². The largest absolute Gasteiger partial charge is 0.322 e. The molecule has 196 valence electrons. The average molecular weight is 542 g/mol. The maximum atomic E-state index is 13.2. The molecule has 0 atom stereocenters. The molecule has 1 aliphatic heterocycles. The predicted octanol–water partition coefficient (Wildman–Crippen LogP) is 4.84. The van der Waals surface area contributed by atoms with E-state index in [-0.39, 0.29) is 15.4 Å². The number of amides is 1. The summed E-state index contributed by atoms with van der Waals surface area (Å²) >= 11 is 0. The minimum Gasteiger partial charge on any atom is -0.322 e. The number of nitrogens with zero attached hydrogens (tertiary/aromatic N) is 1. The Bertz CT molecular complexity index is 1530. The van der Waals surface area contributed by atoms with Crippen molar-refractivity contribution in [2.75, 3.05) is 23.1 Å². The topological polar surface area (TPSA) is 113 Å². The zero-order valence-electron chi connectivity index (χ0n) is 21.1. The molecular formula is C27H31N3O5S2. The summed E-state index contributed by atoms with van der Waals surface area (Å²) in [5.74, 6) is -0.505. The molecular weight excluding hydrogens is 510 g/mol. The molecule has 8 nitrogen and oxygen atoms in total. The molecule has 37 heavy (non-hydrogen) atoms. The maximum absolute atomic E-state index is 13.2. The molecule has 0 saturated carbocycles. The number of anilines is 2. The fourth-order valence-electron chi connectivity index (χ4n) is 4.24. The third kappa shape index (κ3) is 6.03. The van der Waals surface area contributed by atoms with Crippen LogP contribution in [-0.2, 0) is 20.0 Å². The predicted molar refractivity (Wildman–Crippen MR) is 145 cm³/mol. The first-order valence-corrected chi connectivity index (χ1v) is 15.0. The Kier molecular flexibility index (Phi) is 7.72. The van der Waals surface area contributed by atoms with Crippen molar-refractivity contribution in [2.24, 2.45) is 0 Å². The molecule has 0 aromatic heterocycles. The lowest BCUT2D eigenvalue weighted by Crippen LogP contribution is -2.35. The van der Waals surface area contributed by atoms with E-state index in [4.69, 9.17) is 0 Å². The van der Waals surface area contributed by atoms with Crippen molar-refractivity contribution in [1.29, 1.82) is 0 Å². The number of nitrogens with one attached hydrogen (secondary N) is 2. The Balaban J connectivity index is 1.52. The summed E-state index contributed by atoms with van der Waals surface area (Å²) in [6.07, 6.45) is 2.73. The molecule has 0 bridgehead atoms. The quantitative estimate of drug-likeness (QED) is 0.445. The number of benzene rings is 3. The lowest BCUT2D eigenvalue weighted by Gasteiger charge is -2.25. The SMILES string of the molecule is Cc1ccc(C)c(NS(=O)(=O)c2cc(C(=O)Nc3ccc(S(=O)(=O)N4CCCCC4)cc3)ccc2C)c1. The van der Waals surface area contributed by atoms with Crippen LogP contribution in [0.2, 0.25) is 0 Å². The number of aryl methyl sites for hydroxylation is 3. The van der Waals surface area contributed by atoms with Crippen LogP contribution in [0.25, 0.3) is 0 Å². The van der Waals surface area contributed by atoms with Crippen molar-refractivity contribution in [3.63, 3.8) is 0 Å². The monoisotopic (exact) mass is 541 g/mol. The molecule has 1 saturated heterocycles. The number of sulfonamides is 2. The van der Waals surface area contributed by atoms with Crippen LogP contribution < -0.4 is 10.0 Å². The summed E-state index contributed by atoms with van der Waals surface area (Å²) in [7, 11) is -7.52. The normalized spacial score (nSPS) is 14.8. The Hall–Kier alpha value is -3.21. The Morgan fingerprint density at radius 3 is 2.11 bits per heavy atom. The maximum Gasteiger partial charge on any atom is 0.262 e. The van der Waals surface area contributed by atoms with E-state index < -0.39 is 26.0 Å². The second-order valence-corrected chi connectivity index (χ2v) is 12.9. The lowest BCUT2D eigenvalue weighted by atomic mass is 10.1. The number of hydrogen-bond donors (Lipinski definition) is 2. The van der Waals surface area contributed by atoms with Gasteiger partial charge in [-0.05, 0) is 92.8 Å². The van der Waals surface area contributed by atoms with Gasteiger partial charge in [-0.15, -0.1) is 0 Å². The van der Waals surface area contributed by atoms with Gasteiger partial charge < -0.3 is 5.32 Å². The summed E-state index contributed by atoms with van der Waals surface area (Å²) < 4.78 is 56.2. The van der Waals surface area contributed by atoms with E-state index in [0.29, 0.717) is 30.0 Å². The highest BCUT2D eigenvalue weighted by Gasteiger charge is 2.26. The number of piperidine rings is 1. The van der Waals surface area contributed by atoms with Crippen molar-refractivity contribution in [1.82, 2.24) is 4.31 Å². The molecule has 1 amide bonds. The van der Waals surface area contributed by atoms with Gasteiger partial charge in [0, 0.05) is 24.3 Å². The molecule has 1 fully saturated rings. The smallest absolute Gasteiger partial charge is 0.262 e. The van der Waals surface area contributed by atoms with Gasteiger partial charge in [0.2, 0.25) is 10.0 Å². The van der Waals surface area contributed by atoms with E-state index in [9.17, 15) is 21.6 Å². The van der Waals surface area contributed by atoms with Crippen molar-refractivity contribution < 1.29 is 21.6 Å². The number of carbonyl (C=O) groups excluding carboxylic acids is 1. The highest BCUT2D eigenvalue weighted by Crippen LogP contribution is 2.25. The van der Waals surface area contributed by atoms with Gasteiger partial charge in [0.1, 0.15) is 0 Å². The van der Waals surface area contributed by atoms with Crippen LogP contribution in [-0.4, -0.2) is 40.1 Å². The van der Waals surface area contributed by atoms with E-state index in [2.05, 4.69) is 10.0 Å². The number of hydrogen-bond acceptors (Lipinski definition) is 5. The summed E-state index contributed by atoms with van der Waals surface area (Å²) in [6.45, 7) is 6.39. The van der Waals surface area contributed by atoms with E-state index in [0.717, 1.165) is 30.4 Å². The lowest BCUT2D eigenvalue weighted by molar-refractivity contribution is 0.102. The second kappa shape index (κ2) is 10.6. The van der Waals surface area contributed by atoms with Crippen molar-refractivity contribution in [3.8, 4) is 0 Å². The molecule has 0 aliphatic carbocycles. The zero-order chi connectivity index (χ0) is 26.8. The summed E-state index contributed by atoms with van der Waals surface area (Å²) in [5, 5.41) is 2.72. The molecule has 0 radical (unpaired) electrons. The van der Waals surface area contributed by atoms with E-state index in [1.165, 1.54) is 34.6 Å². The molecule has 3 aromatic rings. The third-order valence-electron chi connectivity index (χ3n) is 6.44. The van der Waals surface area contributed by atoms with E-state index in [1.54, 1.807) is 25.1 Å². The average Bonchev–Trinajstić information content (AvgIpc) is 2.87. The summed E-state index contributed by atoms with van der Waals surface area (Å²) in [4.78, 5) is 13.1. The van der Waals surface area contributed by atoms with Gasteiger partial charge in [0.25, 0.3) is 15.9 Å². The van der Waals surface area contributed by atoms with Gasteiger partial charge in [0.15, 0.2) is 0 Å². The van der Waals surface area contributed by atoms with Crippen molar-refractivity contribution >= 4 is 37.3 Å². The van der Waals surface area contributed by atoms with Gasteiger partial charge >= 0.3 is 0 Å². The van der Waals surface area contributed by atoms with Crippen LogP contribution in [0.15, 0.2) is 70.5 Å². The fourth-order valence-corrected chi connectivity index (χ4v) is 7.15. The van der Waals surface area contributed by atoms with E-state index >= 15 is 0 Å². The highest BCUT2D eigenvalue weighted by atomic mass is 32.2. The molecule has 0 unspecified atom stereocenters. The Labute approximate surface area is 218 Å². The van der Waals surface area contributed by atoms with Crippen molar-refractivity contribution in [3.05, 3.63) is 82.9 Å². The van der Waals surface area contributed by atoms with Gasteiger partial charge in [-0.3, -0.25) is 9.52 Å². The number of carbonyl (C=O) groups is 1. The first-order chi connectivity index (χ1) is 17.5. The van der Waals surface area contributed by atoms with Crippen molar-refractivity contribution in [2.45, 2.75) is 49.8 Å². The molecule has 10 heteroatoms. The first-order valence-electron chi connectivity index (χ1n) is 12.1. The third-order valence-corrected chi connectivity index (χ3v) is 9.86. The zero-order valence-corrected chi connectivity index (χ0v) is 22.7. The van der Waals surface area contributed by atoms with Crippen LogP contribution in [0.1, 0.15) is 46.3 Å². The van der Waals surface area contributed by atoms with Crippen LogP contribution in [0.5, 0.6) is 0 Å². The standard InChI is InChI=1S/C27H31N3O5S2/c1-19-7-8-20(2)25(17-19)29-36(32,33)26-18-22(10-9-21(26)3)27(31)28-23-11-13-24(14-12-23)37(34,35)30-15-5-4-6-16-30/h7-14,17-18,29H,4-6,15-16H2,1-3H3,(H,28,31). The first kappa shape index (κ1) is 26.8. The van der Waals surface area contributed by atoms with Crippen LogP contribution in [0.3, 0.4) is 0 Å². The van der Waals surface area contributed by atoms with E-state index in [1.807, 2.05) is 26.0 Å². The minimum absolute atomic E-state index is 0.00373. The molecule has 3 aromatic carbocycles. The van der Waals surface area contributed by atoms with Crippen LogP contribution >= 0.6 is 0 Å². The second-order valence-electron chi connectivity index (χ2n) is 9.35. The van der Waals surface area contributed by atoms with Gasteiger partial charge in [-0.1, -0.05) is 24.6 Å². The summed E-state index contributed by atoms with van der Waals surface area (Å²) in [6, 6.07) is 16.0. The van der Waals surface area contributed by atoms with Crippen LogP contribution in [0, 0.1) is 20.8 Å². The Morgan fingerprint density at radius 2 is 1.43 bits per heavy atom. The summed E-state index contributed by atoms with van der Waals surface area (Å²) in [5.41, 5.74) is 3.25. The van der Waals surface area contributed by atoms with Crippen LogP contribution in [0.4, 0.5) is 11.4 Å². The molecule has 2 N–H and O–H groups in total. The minimum atomic E-state index is -3.95. The molecule has 4 rings (SSSR count). The molecule has 0 spiro atoms.